The molecule has 0 aromatic heterocycles. The van der Waals surface area contributed by atoms with E-state index in [0.717, 1.165) is 5.56 Å². The van der Waals surface area contributed by atoms with Crippen LogP contribution < -0.4 is 4.74 Å². The molecule has 0 heterocycles. The molecule has 0 aliphatic rings. The van der Waals surface area contributed by atoms with Crippen molar-refractivity contribution in [2.24, 2.45) is 0 Å². The minimum absolute atomic E-state index is 0.189. The van der Waals surface area contributed by atoms with E-state index >= 15 is 0 Å². The standard InChI is InChI=1S/C9H10BrFO2/c1-5-3-7(10)8(11)6(4-12)9(5)13-2/h3,12H,4H2,1-2H3. The van der Waals surface area contributed by atoms with E-state index in [9.17, 15) is 4.39 Å². The maximum atomic E-state index is 13.3. The fraction of sp³-hybridized carbons (Fsp3) is 0.333. The van der Waals surface area contributed by atoms with Crippen molar-refractivity contribution in [2.75, 3.05) is 7.11 Å². The maximum Gasteiger partial charge on any atom is 0.146 e. The highest BCUT2D eigenvalue weighted by molar-refractivity contribution is 9.10. The van der Waals surface area contributed by atoms with Gasteiger partial charge in [0.05, 0.1) is 23.8 Å². The highest BCUT2D eigenvalue weighted by Crippen LogP contribution is 2.31. The van der Waals surface area contributed by atoms with Gasteiger partial charge >= 0.3 is 0 Å². The van der Waals surface area contributed by atoms with Crippen molar-refractivity contribution in [3.05, 3.63) is 27.5 Å². The van der Waals surface area contributed by atoms with Crippen LogP contribution >= 0.6 is 15.9 Å². The fourth-order valence-electron chi connectivity index (χ4n) is 1.23. The lowest BCUT2D eigenvalue weighted by Crippen LogP contribution is -1.99. The van der Waals surface area contributed by atoms with Crippen LogP contribution in [0.1, 0.15) is 11.1 Å². The summed E-state index contributed by atoms with van der Waals surface area (Å²) < 4.78 is 18.7. The summed E-state index contributed by atoms with van der Waals surface area (Å²) in [6.07, 6.45) is 0. The quantitative estimate of drug-likeness (QED) is 0.871. The van der Waals surface area contributed by atoms with E-state index in [1.54, 1.807) is 13.0 Å². The molecule has 0 aliphatic carbocycles. The molecule has 0 bridgehead atoms. The van der Waals surface area contributed by atoms with Gasteiger partial charge in [0.15, 0.2) is 0 Å². The summed E-state index contributed by atoms with van der Waals surface area (Å²) in [4.78, 5) is 0. The molecule has 13 heavy (non-hydrogen) atoms. The number of rotatable bonds is 2. The van der Waals surface area contributed by atoms with Crippen molar-refractivity contribution < 1.29 is 14.2 Å². The Labute approximate surface area is 84.5 Å². The van der Waals surface area contributed by atoms with E-state index in [1.807, 2.05) is 0 Å². The Hall–Kier alpha value is -0.610. The van der Waals surface area contributed by atoms with Crippen molar-refractivity contribution in [1.29, 1.82) is 0 Å². The first-order valence-corrected chi connectivity index (χ1v) is 4.53. The molecule has 72 valence electrons. The predicted octanol–water partition coefficient (Wildman–Crippen LogP) is 2.40. The normalized spacial score (nSPS) is 10.2. The lowest BCUT2D eigenvalue weighted by Gasteiger charge is -2.11. The van der Waals surface area contributed by atoms with Gasteiger partial charge in [0.1, 0.15) is 11.6 Å². The summed E-state index contributed by atoms with van der Waals surface area (Å²) in [6, 6.07) is 1.62. The van der Waals surface area contributed by atoms with Gasteiger partial charge in [0.25, 0.3) is 0 Å². The van der Waals surface area contributed by atoms with Gasteiger partial charge in [-0.15, -0.1) is 0 Å². The van der Waals surface area contributed by atoms with Gasteiger partial charge in [-0.3, -0.25) is 0 Å². The van der Waals surface area contributed by atoms with E-state index < -0.39 is 5.82 Å². The Morgan fingerprint density at radius 3 is 2.69 bits per heavy atom. The fourth-order valence-corrected chi connectivity index (χ4v) is 1.81. The number of hydrogen-bond acceptors (Lipinski definition) is 2. The predicted molar refractivity (Wildman–Crippen MR) is 51.3 cm³/mol. The average Bonchev–Trinajstić information content (AvgIpc) is 2.10. The summed E-state index contributed by atoms with van der Waals surface area (Å²) in [5, 5.41) is 8.94. The zero-order valence-electron chi connectivity index (χ0n) is 7.40. The van der Waals surface area contributed by atoms with Crippen LogP contribution in [-0.2, 0) is 6.61 Å². The molecule has 0 radical (unpaired) electrons. The molecule has 2 nitrogen and oxygen atoms in total. The van der Waals surface area contributed by atoms with E-state index in [2.05, 4.69) is 15.9 Å². The van der Waals surface area contributed by atoms with Crippen LogP contribution in [0.5, 0.6) is 5.75 Å². The van der Waals surface area contributed by atoms with Crippen molar-refractivity contribution in [3.8, 4) is 5.75 Å². The van der Waals surface area contributed by atoms with Crippen LogP contribution in [0.4, 0.5) is 4.39 Å². The second-order valence-corrected chi connectivity index (χ2v) is 3.51. The number of aliphatic hydroxyl groups excluding tert-OH is 1. The maximum absolute atomic E-state index is 13.3. The van der Waals surface area contributed by atoms with Crippen LogP contribution in [0.2, 0.25) is 0 Å². The van der Waals surface area contributed by atoms with Gasteiger partial charge in [-0.2, -0.15) is 0 Å². The van der Waals surface area contributed by atoms with E-state index in [-0.39, 0.29) is 12.2 Å². The molecular formula is C9H10BrFO2. The minimum Gasteiger partial charge on any atom is -0.496 e. The molecule has 1 N–H and O–H groups in total. The third-order valence-corrected chi connectivity index (χ3v) is 2.39. The number of benzene rings is 1. The van der Waals surface area contributed by atoms with Gasteiger partial charge in [0.2, 0.25) is 0 Å². The van der Waals surface area contributed by atoms with Crippen molar-refractivity contribution in [3.63, 3.8) is 0 Å². The molecule has 1 aromatic rings. The Kier molecular flexibility index (Phi) is 3.27. The molecule has 1 aromatic carbocycles. The first kappa shape index (κ1) is 10.5. The molecule has 0 saturated heterocycles. The van der Waals surface area contributed by atoms with Gasteiger partial charge < -0.3 is 9.84 Å². The molecule has 1 rings (SSSR count). The largest absolute Gasteiger partial charge is 0.496 e. The molecular weight excluding hydrogens is 239 g/mol. The number of hydrogen-bond donors (Lipinski definition) is 1. The van der Waals surface area contributed by atoms with E-state index in [1.165, 1.54) is 7.11 Å². The minimum atomic E-state index is -0.468. The summed E-state index contributed by atoms with van der Waals surface area (Å²) in [6.45, 7) is 1.43. The first-order chi connectivity index (χ1) is 6.11. The molecule has 0 saturated carbocycles. The topological polar surface area (TPSA) is 29.5 Å². The third-order valence-electron chi connectivity index (χ3n) is 1.81. The summed E-state index contributed by atoms with van der Waals surface area (Å²) in [5.74, 6) is -0.0619. The number of aryl methyl sites for hydroxylation is 1. The molecule has 4 heteroatoms. The number of aliphatic hydroxyl groups is 1. The summed E-state index contributed by atoms with van der Waals surface area (Å²) in [7, 11) is 1.45. The van der Waals surface area contributed by atoms with E-state index in [0.29, 0.717) is 10.2 Å². The molecule has 0 fully saturated rings. The van der Waals surface area contributed by atoms with Crippen LogP contribution in [0.25, 0.3) is 0 Å². The lowest BCUT2D eigenvalue weighted by molar-refractivity contribution is 0.266. The number of methoxy groups -OCH3 is 1. The van der Waals surface area contributed by atoms with Crippen molar-refractivity contribution in [2.45, 2.75) is 13.5 Å². The second kappa shape index (κ2) is 4.07. The summed E-state index contributed by atoms with van der Waals surface area (Å²) in [5.41, 5.74) is 0.981. The van der Waals surface area contributed by atoms with Gasteiger partial charge in [-0.25, -0.2) is 4.39 Å². The Morgan fingerprint density at radius 2 is 2.23 bits per heavy atom. The van der Waals surface area contributed by atoms with Gasteiger partial charge in [0, 0.05) is 0 Å². The highest BCUT2D eigenvalue weighted by Gasteiger charge is 2.14. The molecule has 0 unspecified atom stereocenters. The van der Waals surface area contributed by atoms with Crippen LogP contribution in [0.15, 0.2) is 10.5 Å². The Morgan fingerprint density at radius 1 is 1.62 bits per heavy atom. The molecule has 0 atom stereocenters. The average molecular weight is 249 g/mol. The Balaban J connectivity index is 3.41. The second-order valence-electron chi connectivity index (χ2n) is 2.66. The highest BCUT2D eigenvalue weighted by atomic mass is 79.9. The molecule has 0 spiro atoms. The van der Waals surface area contributed by atoms with E-state index in [4.69, 9.17) is 9.84 Å². The summed E-state index contributed by atoms with van der Waals surface area (Å²) >= 11 is 3.06. The zero-order chi connectivity index (χ0) is 10.0. The van der Waals surface area contributed by atoms with Gasteiger partial charge in [-0.1, -0.05) is 0 Å². The third kappa shape index (κ3) is 1.84. The lowest BCUT2D eigenvalue weighted by atomic mass is 10.1. The van der Waals surface area contributed by atoms with Crippen LogP contribution in [0.3, 0.4) is 0 Å². The SMILES string of the molecule is COc1c(C)cc(Br)c(F)c1CO. The number of halogens is 2. The number of ether oxygens (including phenoxy) is 1. The van der Waals surface area contributed by atoms with Crippen LogP contribution in [-0.4, -0.2) is 12.2 Å². The van der Waals surface area contributed by atoms with Crippen LogP contribution in [0, 0.1) is 12.7 Å². The zero-order valence-corrected chi connectivity index (χ0v) is 8.98. The van der Waals surface area contributed by atoms with Crippen molar-refractivity contribution in [1.82, 2.24) is 0 Å². The Bertz CT molecular complexity index is 326. The van der Waals surface area contributed by atoms with Crippen molar-refractivity contribution >= 4 is 15.9 Å². The molecule has 0 aliphatic heterocycles. The smallest absolute Gasteiger partial charge is 0.146 e. The monoisotopic (exact) mass is 248 g/mol. The first-order valence-electron chi connectivity index (χ1n) is 3.74. The molecule has 0 amide bonds. The van der Waals surface area contributed by atoms with Gasteiger partial charge in [-0.05, 0) is 34.5 Å².